The van der Waals surface area contributed by atoms with Gasteiger partial charge < -0.3 is 14.5 Å². The van der Waals surface area contributed by atoms with Crippen LogP contribution in [0.2, 0.25) is 0 Å². The van der Waals surface area contributed by atoms with E-state index in [2.05, 4.69) is 25.3 Å². The lowest BCUT2D eigenvalue weighted by molar-refractivity contribution is 0.378. The van der Waals surface area contributed by atoms with E-state index in [1.807, 2.05) is 26.0 Å². The highest BCUT2D eigenvalue weighted by molar-refractivity contribution is 5.36. The Labute approximate surface area is 101 Å². The quantitative estimate of drug-likeness (QED) is 0.492. The van der Waals surface area contributed by atoms with Crippen molar-refractivity contribution in [3.8, 4) is 6.01 Å². The molecule has 3 N–H and O–H groups in total. The minimum Gasteiger partial charge on any atom is -0.467 e. The van der Waals surface area contributed by atoms with Gasteiger partial charge >= 0.3 is 6.01 Å². The normalized spacial score (nSPS) is 10.5. The molecule has 0 aliphatic carbocycles. The largest absolute Gasteiger partial charge is 0.467 e. The molecule has 1 aromatic rings. The predicted octanol–water partition coefficient (Wildman–Crippen LogP) is -0.836. The second-order valence-corrected chi connectivity index (χ2v) is 3.81. The molecule has 0 fully saturated rings. The third-order valence-electron chi connectivity index (χ3n) is 2.14. The first kappa shape index (κ1) is 13.4. The summed E-state index contributed by atoms with van der Waals surface area (Å²) in [6.45, 7) is 1.69. The lowest BCUT2D eigenvalue weighted by Gasteiger charge is -2.19. The van der Waals surface area contributed by atoms with Crippen LogP contribution in [0, 0.1) is 0 Å². The molecule has 0 radical (unpaired) electrons. The maximum atomic E-state index is 5.28. The number of methoxy groups -OCH3 is 1. The van der Waals surface area contributed by atoms with Gasteiger partial charge in [-0.25, -0.2) is 5.84 Å². The zero-order valence-corrected chi connectivity index (χ0v) is 10.6. The van der Waals surface area contributed by atoms with Gasteiger partial charge in [0.15, 0.2) is 0 Å². The van der Waals surface area contributed by atoms with Gasteiger partial charge in [0.05, 0.1) is 7.11 Å². The number of nitrogen functional groups attached to an aromatic ring is 1. The zero-order valence-electron chi connectivity index (χ0n) is 10.6. The number of hydrogen-bond donors (Lipinski definition) is 2. The molecule has 8 heteroatoms. The molecule has 0 bridgehead atoms. The SMILES string of the molecule is COc1nc(NN)nc(N(C)CCN(C)C)n1. The highest BCUT2D eigenvalue weighted by atomic mass is 16.5. The van der Waals surface area contributed by atoms with Crippen molar-refractivity contribution in [1.29, 1.82) is 0 Å². The van der Waals surface area contributed by atoms with E-state index in [4.69, 9.17) is 10.6 Å². The minimum absolute atomic E-state index is 0.236. The molecule has 8 nitrogen and oxygen atoms in total. The van der Waals surface area contributed by atoms with Crippen molar-refractivity contribution in [2.45, 2.75) is 0 Å². The van der Waals surface area contributed by atoms with Crippen molar-refractivity contribution in [2.75, 3.05) is 51.7 Å². The molecule has 0 aliphatic heterocycles. The third kappa shape index (κ3) is 4.00. The van der Waals surface area contributed by atoms with Crippen molar-refractivity contribution < 1.29 is 4.74 Å². The molecule has 0 atom stereocenters. The van der Waals surface area contributed by atoms with Gasteiger partial charge in [0.25, 0.3) is 0 Å². The summed E-state index contributed by atoms with van der Waals surface area (Å²) in [5, 5.41) is 0. The topological polar surface area (TPSA) is 92.4 Å². The summed E-state index contributed by atoms with van der Waals surface area (Å²) in [7, 11) is 7.42. The summed E-state index contributed by atoms with van der Waals surface area (Å²) in [5.41, 5.74) is 2.38. The van der Waals surface area contributed by atoms with E-state index in [1.165, 1.54) is 7.11 Å². The molecular weight excluding hydrogens is 222 g/mol. The van der Waals surface area contributed by atoms with Crippen LogP contribution < -0.4 is 20.9 Å². The number of hydrazine groups is 1. The number of rotatable bonds is 6. The first-order valence-electron chi connectivity index (χ1n) is 5.19. The Kier molecular flexibility index (Phi) is 4.85. The first-order chi connectivity index (χ1) is 8.06. The molecule has 0 spiro atoms. The first-order valence-corrected chi connectivity index (χ1v) is 5.19. The fourth-order valence-corrected chi connectivity index (χ4v) is 1.12. The Morgan fingerprint density at radius 2 is 1.88 bits per heavy atom. The summed E-state index contributed by atoms with van der Waals surface area (Å²) >= 11 is 0. The molecule has 0 saturated carbocycles. The predicted molar refractivity (Wildman–Crippen MR) is 66.0 cm³/mol. The maximum absolute atomic E-state index is 5.28. The number of anilines is 2. The van der Waals surface area contributed by atoms with Gasteiger partial charge in [-0.1, -0.05) is 0 Å². The average Bonchev–Trinajstić information content (AvgIpc) is 2.34. The van der Waals surface area contributed by atoms with Crippen LogP contribution in [0.25, 0.3) is 0 Å². The average molecular weight is 241 g/mol. The summed E-state index contributed by atoms with van der Waals surface area (Å²) in [4.78, 5) is 16.2. The summed E-state index contributed by atoms with van der Waals surface area (Å²) in [6, 6.07) is 0.236. The van der Waals surface area contributed by atoms with E-state index in [0.717, 1.165) is 13.1 Å². The van der Waals surface area contributed by atoms with Crippen LogP contribution in [0.1, 0.15) is 0 Å². The fourth-order valence-electron chi connectivity index (χ4n) is 1.12. The fraction of sp³-hybridized carbons (Fsp3) is 0.667. The van der Waals surface area contributed by atoms with Crippen LogP contribution in [0.5, 0.6) is 6.01 Å². The Hall–Kier alpha value is -1.67. The monoisotopic (exact) mass is 241 g/mol. The van der Waals surface area contributed by atoms with Crippen molar-refractivity contribution >= 4 is 11.9 Å². The Morgan fingerprint density at radius 3 is 2.41 bits per heavy atom. The molecule has 1 rings (SSSR count). The van der Waals surface area contributed by atoms with E-state index in [0.29, 0.717) is 5.95 Å². The van der Waals surface area contributed by atoms with Crippen LogP contribution in [0.15, 0.2) is 0 Å². The summed E-state index contributed by atoms with van der Waals surface area (Å²) in [5.74, 6) is 6.08. The lowest BCUT2D eigenvalue weighted by Crippen LogP contribution is -2.30. The van der Waals surface area contributed by atoms with Gasteiger partial charge in [-0.05, 0) is 14.1 Å². The van der Waals surface area contributed by atoms with Crippen LogP contribution in [0.4, 0.5) is 11.9 Å². The number of nitrogens with two attached hydrogens (primary N) is 1. The van der Waals surface area contributed by atoms with E-state index in [1.54, 1.807) is 0 Å². The number of ether oxygens (including phenoxy) is 1. The number of aromatic nitrogens is 3. The second kappa shape index (κ2) is 6.16. The van der Waals surface area contributed by atoms with E-state index in [-0.39, 0.29) is 12.0 Å². The Balaban J connectivity index is 2.80. The van der Waals surface area contributed by atoms with Crippen molar-refractivity contribution in [2.24, 2.45) is 5.84 Å². The Bertz CT molecular complexity index is 335. The highest BCUT2D eigenvalue weighted by Gasteiger charge is 2.10. The zero-order chi connectivity index (χ0) is 12.8. The van der Waals surface area contributed by atoms with Crippen LogP contribution in [0.3, 0.4) is 0 Å². The number of hydrogen-bond acceptors (Lipinski definition) is 8. The van der Waals surface area contributed by atoms with Gasteiger partial charge in [0, 0.05) is 20.1 Å². The number of nitrogens with zero attached hydrogens (tertiary/aromatic N) is 5. The molecule has 17 heavy (non-hydrogen) atoms. The van der Waals surface area contributed by atoms with Crippen molar-refractivity contribution in [1.82, 2.24) is 19.9 Å². The number of likely N-dealkylation sites (N-methyl/N-ethyl adjacent to an activating group) is 2. The van der Waals surface area contributed by atoms with E-state index < -0.39 is 0 Å². The summed E-state index contributed by atoms with van der Waals surface area (Å²) in [6.07, 6.45) is 0. The molecule has 0 amide bonds. The minimum atomic E-state index is 0.236. The van der Waals surface area contributed by atoms with Gasteiger partial charge in [-0.2, -0.15) is 15.0 Å². The molecule has 1 heterocycles. The summed E-state index contributed by atoms with van der Waals surface area (Å²) < 4.78 is 4.98. The van der Waals surface area contributed by atoms with E-state index in [9.17, 15) is 0 Å². The second-order valence-electron chi connectivity index (χ2n) is 3.81. The molecule has 0 unspecified atom stereocenters. The number of nitrogens with one attached hydrogen (secondary N) is 1. The molecule has 0 saturated heterocycles. The molecule has 96 valence electrons. The van der Waals surface area contributed by atoms with Gasteiger partial charge in [0.2, 0.25) is 11.9 Å². The lowest BCUT2D eigenvalue weighted by atomic mass is 10.5. The van der Waals surface area contributed by atoms with Crippen molar-refractivity contribution in [3.63, 3.8) is 0 Å². The van der Waals surface area contributed by atoms with Crippen LogP contribution in [-0.2, 0) is 0 Å². The standard InChI is InChI=1S/C9H19N7O/c1-15(2)5-6-16(3)8-11-7(14-10)12-9(13-8)17-4/h5-6,10H2,1-4H3,(H,11,12,13,14). The molecule has 0 aliphatic rings. The van der Waals surface area contributed by atoms with Gasteiger partial charge in [-0.3, -0.25) is 5.43 Å². The smallest absolute Gasteiger partial charge is 0.322 e. The molecule has 0 aromatic carbocycles. The van der Waals surface area contributed by atoms with Crippen LogP contribution in [-0.4, -0.2) is 61.2 Å². The molecule has 1 aromatic heterocycles. The van der Waals surface area contributed by atoms with Gasteiger partial charge in [-0.15, -0.1) is 0 Å². The van der Waals surface area contributed by atoms with Crippen molar-refractivity contribution in [3.05, 3.63) is 0 Å². The van der Waals surface area contributed by atoms with Crippen LogP contribution >= 0.6 is 0 Å². The van der Waals surface area contributed by atoms with Gasteiger partial charge in [0.1, 0.15) is 0 Å². The third-order valence-corrected chi connectivity index (χ3v) is 2.14. The Morgan fingerprint density at radius 1 is 1.18 bits per heavy atom. The maximum Gasteiger partial charge on any atom is 0.322 e. The molecular formula is C9H19N7O. The van der Waals surface area contributed by atoms with E-state index >= 15 is 0 Å². The highest BCUT2D eigenvalue weighted by Crippen LogP contribution is 2.12.